The average molecular weight is 261 g/mol. The normalized spacial score (nSPS) is 14.9. The first-order chi connectivity index (χ1) is 7.27. The quantitative estimate of drug-likeness (QED) is 0.689. The summed E-state index contributed by atoms with van der Waals surface area (Å²) in [5, 5.41) is 0. The Labute approximate surface area is 99.1 Å². The van der Waals surface area contributed by atoms with Gasteiger partial charge in [0.15, 0.2) is 0 Å². The van der Waals surface area contributed by atoms with Gasteiger partial charge in [0, 0.05) is 4.47 Å². The maximum absolute atomic E-state index is 3.57. The molecule has 0 saturated heterocycles. The number of aryl methyl sites for hydroxylation is 1. The van der Waals surface area contributed by atoms with Crippen LogP contribution in [0.2, 0.25) is 0 Å². The van der Waals surface area contributed by atoms with E-state index in [1.165, 1.54) is 21.2 Å². The highest BCUT2D eigenvalue weighted by molar-refractivity contribution is 9.10. The molecule has 1 heteroatoms. The lowest BCUT2D eigenvalue weighted by Gasteiger charge is -2.06. The van der Waals surface area contributed by atoms with Crippen LogP contribution in [0.5, 0.6) is 0 Å². The Bertz CT molecular complexity index is 450. The van der Waals surface area contributed by atoms with E-state index in [4.69, 9.17) is 0 Å². The standard InChI is InChI=1S/C14H13Br/c1-11-8-9-13(10-14(11)15)12-6-4-2-3-5-7-12/h2-6,8-10H,7H2,1H3. The van der Waals surface area contributed by atoms with E-state index >= 15 is 0 Å². The van der Waals surface area contributed by atoms with Gasteiger partial charge in [-0.2, -0.15) is 0 Å². The van der Waals surface area contributed by atoms with Crippen molar-refractivity contribution in [3.05, 3.63) is 64.2 Å². The van der Waals surface area contributed by atoms with E-state index in [0.29, 0.717) is 0 Å². The third kappa shape index (κ3) is 2.48. The van der Waals surface area contributed by atoms with Gasteiger partial charge in [-0.25, -0.2) is 0 Å². The molecular formula is C14H13Br. The number of hydrogen-bond donors (Lipinski definition) is 0. The summed E-state index contributed by atoms with van der Waals surface area (Å²) >= 11 is 3.57. The summed E-state index contributed by atoms with van der Waals surface area (Å²) in [5.41, 5.74) is 3.93. The van der Waals surface area contributed by atoms with Gasteiger partial charge in [-0.3, -0.25) is 0 Å². The van der Waals surface area contributed by atoms with Gasteiger partial charge in [-0.15, -0.1) is 0 Å². The van der Waals surface area contributed by atoms with Crippen LogP contribution in [0.1, 0.15) is 17.5 Å². The van der Waals surface area contributed by atoms with Crippen molar-refractivity contribution in [2.24, 2.45) is 0 Å². The van der Waals surface area contributed by atoms with Gasteiger partial charge in [0.1, 0.15) is 0 Å². The maximum atomic E-state index is 3.57. The summed E-state index contributed by atoms with van der Waals surface area (Å²) in [4.78, 5) is 0. The first-order valence-electron chi connectivity index (χ1n) is 5.06. The number of halogens is 1. The van der Waals surface area contributed by atoms with E-state index in [1.807, 2.05) is 0 Å². The first-order valence-corrected chi connectivity index (χ1v) is 5.85. The minimum Gasteiger partial charge on any atom is -0.0801 e. The van der Waals surface area contributed by atoms with E-state index in [2.05, 4.69) is 71.4 Å². The topological polar surface area (TPSA) is 0 Å². The predicted octanol–water partition coefficient (Wildman–Crippen LogP) is 4.66. The number of hydrogen-bond acceptors (Lipinski definition) is 0. The van der Waals surface area contributed by atoms with Crippen molar-refractivity contribution in [1.29, 1.82) is 0 Å². The molecule has 1 aromatic rings. The lowest BCUT2D eigenvalue weighted by atomic mass is 10.0. The Hall–Kier alpha value is -1.08. The molecule has 0 unspecified atom stereocenters. The van der Waals surface area contributed by atoms with Crippen molar-refractivity contribution >= 4 is 21.5 Å². The van der Waals surface area contributed by atoms with Crippen LogP contribution in [-0.2, 0) is 0 Å². The molecule has 2 rings (SSSR count). The summed E-state index contributed by atoms with van der Waals surface area (Å²) in [6, 6.07) is 6.52. The summed E-state index contributed by atoms with van der Waals surface area (Å²) in [6.07, 6.45) is 11.6. The Morgan fingerprint density at radius 2 is 2.00 bits per heavy atom. The second kappa shape index (κ2) is 4.63. The Balaban J connectivity index is 2.37. The maximum Gasteiger partial charge on any atom is 0.0210 e. The second-order valence-corrected chi connectivity index (χ2v) is 4.53. The zero-order valence-corrected chi connectivity index (χ0v) is 10.3. The van der Waals surface area contributed by atoms with Gasteiger partial charge in [-0.1, -0.05) is 58.4 Å². The van der Waals surface area contributed by atoms with Crippen LogP contribution < -0.4 is 0 Å². The van der Waals surface area contributed by atoms with E-state index < -0.39 is 0 Å². The molecule has 1 aliphatic rings. The van der Waals surface area contributed by atoms with Gasteiger partial charge in [0.05, 0.1) is 0 Å². The lowest BCUT2D eigenvalue weighted by molar-refractivity contribution is 1.36. The van der Waals surface area contributed by atoms with Crippen LogP contribution in [0.15, 0.2) is 53.1 Å². The highest BCUT2D eigenvalue weighted by atomic mass is 79.9. The Morgan fingerprint density at radius 3 is 2.80 bits per heavy atom. The van der Waals surface area contributed by atoms with Gasteiger partial charge < -0.3 is 0 Å². The van der Waals surface area contributed by atoms with Gasteiger partial charge >= 0.3 is 0 Å². The minimum atomic E-state index is 1.00. The molecule has 76 valence electrons. The second-order valence-electron chi connectivity index (χ2n) is 3.67. The molecule has 0 amide bonds. The van der Waals surface area contributed by atoms with Crippen LogP contribution >= 0.6 is 15.9 Å². The molecule has 0 heterocycles. The zero-order chi connectivity index (χ0) is 10.7. The zero-order valence-electron chi connectivity index (χ0n) is 8.70. The molecule has 0 radical (unpaired) electrons. The fourth-order valence-electron chi connectivity index (χ4n) is 1.58. The molecule has 0 fully saturated rings. The molecular weight excluding hydrogens is 248 g/mol. The van der Waals surface area contributed by atoms with E-state index in [1.54, 1.807) is 0 Å². The van der Waals surface area contributed by atoms with Crippen molar-refractivity contribution in [3.8, 4) is 0 Å². The molecule has 0 N–H and O–H groups in total. The molecule has 0 saturated carbocycles. The van der Waals surface area contributed by atoms with E-state index in [0.717, 1.165) is 6.42 Å². The molecule has 1 aliphatic carbocycles. The molecule has 0 spiro atoms. The van der Waals surface area contributed by atoms with Crippen LogP contribution in [0.4, 0.5) is 0 Å². The summed E-state index contributed by atoms with van der Waals surface area (Å²) < 4.78 is 1.18. The van der Waals surface area contributed by atoms with Crippen molar-refractivity contribution in [3.63, 3.8) is 0 Å². The smallest absolute Gasteiger partial charge is 0.0210 e. The lowest BCUT2D eigenvalue weighted by Crippen LogP contribution is -1.84. The average Bonchev–Trinajstić information content (AvgIpc) is 2.50. The number of allylic oxidation sites excluding steroid dienone is 6. The Kier molecular flexibility index (Phi) is 3.22. The molecule has 0 atom stereocenters. The fraction of sp³-hybridized carbons (Fsp3) is 0.143. The van der Waals surface area contributed by atoms with Crippen LogP contribution in [0, 0.1) is 6.92 Å². The van der Waals surface area contributed by atoms with E-state index in [-0.39, 0.29) is 0 Å². The summed E-state index contributed by atoms with van der Waals surface area (Å²) in [5.74, 6) is 0. The van der Waals surface area contributed by atoms with Crippen molar-refractivity contribution in [2.45, 2.75) is 13.3 Å². The predicted molar refractivity (Wildman–Crippen MR) is 69.8 cm³/mol. The molecule has 0 bridgehead atoms. The fourth-order valence-corrected chi connectivity index (χ4v) is 1.96. The highest BCUT2D eigenvalue weighted by Crippen LogP contribution is 2.25. The van der Waals surface area contributed by atoms with Crippen molar-refractivity contribution < 1.29 is 0 Å². The first kappa shape index (κ1) is 10.4. The SMILES string of the molecule is Cc1ccc(C2=CC=CC=CC2)cc1Br. The molecule has 0 aromatic heterocycles. The molecule has 1 aromatic carbocycles. The van der Waals surface area contributed by atoms with Gasteiger partial charge in [0.25, 0.3) is 0 Å². The minimum absolute atomic E-state index is 1.00. The molecule has 0 nitrogen and oxygen atoms in total. The van der Waals surface area contributed by atoms with Crippen LogP contribution in [-0.4, -0.2) is 0 Å². The summed E-state index contributed by atoms with van der Waals surface area (Å²) in [7, 11) is 0. The largest absolute Gasteiger partial charge is 0.0801 e. The number of benzene rings is 1. The third-order valence-corrected chi connectivity index (χ3v) is 3.39. The monoisotopic (exact) mass is 260 g/mol. The van der Waals surface area contributed by atoms with Gasteiger partial charge in [0.2, 0.25) is 0 Å². The van der Waals surface area contributed by atoms with E-state index in [9.17, 15) is 0 Å². The van der Waals surface area contributed by atoms with Crippen LogP contribution in [0.25, 0.3) is 5.57 Å². The van der Waals surface area contributed by atoms with Crippen molar-refractivity contribution in [2.75, 3.05) is 0 Å². The third-order valence-electron chi connectivity index (χ3n) is 2.54. The van der Waals surface area contributed by atoms with Crippen LogP contribution in [0.3, 0.4) is 0 Å². The summed E-state index contributed by atoms with van der Waals surface area (Å²) in [6.45, 7) is 2.11. The number of rotatable bonds is 1. The van der Waals surface area contributed by atoms with Gasteiger partial charge in [-0.05, 0) is 36.1 Å². The highest BCUT2D eigenvalue weighted by Gasteiger charge is 2.02. The Morgan fingerprint density at radius 1 is 1.13 bits per heavy atom. The molecule has 0 aliphatic heterocycles. The van der Waals surface area contributed by atoms with Crippen molar-refractivity contribution in [1.82, 2.24) is 0 Å². The molecule has 15 heavy (non-hydrogen) atoms.